The Labute approximate surface area is 155 Å². The van der Waals surface area contributed by atoms with E-state index in [4.69, 9.17) is 11.6 Å². The Morgan fingerprint density at radius 3 is 2.52 bits per heavy atom. The van der Waals surface area contributed by atoms with Crippen LogP contribution in [-0.4, -0.2) is 23.2 Å². The van der Waals surface area contributed by atoms with E-state index >= 15 is 0 Å². The minimum atomic E-state index is -3.67. The fourth-order valence-corrected chi connectivity index (χ4v) is 5.23. The molecule has 0 spiro atoms. The molecule has 0 saturated carbocycles. The van der Waals surface area contributed by atoms with Crippen molar-refractivity contribution >= 4 is 33.0 Å². The minimum Gasteiger partial charge on any atom is -0.241 e. The third-order valence-corrected chi connectivity index (χ3v) is 7.05. The van der Waals surface area contributed by atoms with Gasteiger partial charge >= 0.3 is 0 Å². The highest BCUT2D eigenvalue weighted by molar-refractivity contribution is 7.91. The van der Waals surface area contributed by atoms with Crippen molar-refractivity contribution in [3.8, 4) is 0 Å². The van der Waals surface area contributed by atoms with E-state index < -0.39 is 16.1 Å². The van der Waals surface area contributed by atoms with Crippen LogP contribution in [0.15, 0.2) is 53.0 Å². The van der Waals surface area contributed by atoms with E-state index in [9.17, 15) is 8.42 Å². The Balaban J connectivity index is 1.84. The van der Waals surface area contributed by atoms with Crippen LogP contribution < -0.4 is 4.72 Å². The van der Waals surface area contributed by atoms with Gasteiger partial charge in [-0.1, -0.05) is 41.9 Å². The molecule has 3 aromatic rings. The van der Waals surface area contributed by atoms with Crippen molar-refractivity contribution in [2.75, 3.05) is 0 Å². The first kappa shape index (κ1) is 18.1. The summed E-state index contributed by atoms with van der Waals surface area (Å²) in [7, 11) is -3.67. The predicted molar refractivity (Wildman–Crippen MR) is 98.3 cm³/mol. The summed E-state index contributed by atoms with van der Waals surface area (Å²) in [5.41, 5.74) is 1.06. The van der Waals surface area contributed by atoms with Crippen LogP contribution in [0.2, 0.25) is 4.34 Å². The first-order valence-corrected chi connectivity index (χ1v) is 10.3. The van der Waals surface area contributed by atoms with E-state index in [1.165, 1.54) is 12.4 Å². The Kier molecular flexibility index (Phi) is 5.24. The number of halogens is 1. The highest BCUT2D eigenvalue weighted by Crippen LogP contribution is 2.27. The molecule has 0 fully saturated rings. The first-order chi connectivity index (χ1) is 11.9. The fourth-order valence-electron chi connectivity index (χ4n) is 2.53. The van der Waals surface area contributed by atoms with Crippen LogP contribution >= 0.6 is 22.9 Å². The molecule has 6 nitrogen and oxygen atoms in total. The van der Waals surface area contributed by atoms with Gasteiger partial charge in [-0.3, -0.25) is 0 Å². The molecule has 3 rings (SSSR count). The molecule has 2 heterocycles. The molecule has 132 valence electrons. The zero-order chi connectivity index (χ0) is 18.0. The zero-order valence-corrected chi connectivity index (χ0v) is 16.0. The van der Waals surface area contributed by atoms with Gasteiger partial charge in [-0.15, -0.1) is 11.3 Å². The number of sulfonamides is 1. The average molecular weight is 397 g/mol. The number of hydrogen-bond donors (Lipinski definition) is 1. The van der Waals surface area contributed by atoms with Gasteiger partial charge in [0.15, 0.2) is 0 Å². The molecule has 1 N–H and O–H groups in total. The summed E-state index contributed by atoms with van der Waals surface area (Å²) in [5.74, 6) is 0.544. The quantitative estimate of drug-likeness (QED) is 0.690. The molecule has 0 amide bonds. The summed E-state index contributed by atoms with van der Waals surface area (Å²) in [6.07, 6.45) is 1.43. The second-order valence-corrected chi connectivity index (χ2v) is 9.21. The fraction of sp³-hybridized carbons (Fsp3) is 0.250. The van der Waals surface area contributed by atoms with Crippen molar-refractivity contribution < 1.29 is 8.42 Å². The lowest BCUT2D eigenvalue weighted by Gasteiger charge is -2.19. The highest BCUT2D eigenvalue weighted by atomic mass is 35.5. The van der Waals surface area contributed by atoms with Crippen LogP contribution in [0, 0.1) is 0 Å². The van der Waals surface area contributed by atoms with Crippen molar-refractivity contribution in [1.29, 1.82) is 0 Å². The van der Waals surface area contributed by atoms with Crippen LogP contribution in [-0.2, 0) is 10.0 Å². The van der Waals surface area contributed by atoms with E-state index in [-0.39, 0.29) is 10.3 Å². The summed E-state index contributed by atoms with van der Waals surface area (Å²) < 4.78 is 29.9. The smallest absolute Gasteiger partial charge is 0.241 e. The maximum Gasteiger partial charge on any atom is 0.250 e. The lowest BCUT2D eigenvalue weighted by Crippen LogP contribution is -2.29. The molecule has 0 bridgehead atoms. The molecular formula is C16H17ClN4O2S2. The van der Waals surface area contributed by atoms with E-state index in [0.717, 1.165) is 16.9 Å². The molecule has 0 radical (unpaired) electrons. The zero-order valence-electron chi connectivity index (χ0n) is 13.6. The van der Waals surface area contributed by atoms with Crippen molar-refractivity contribution in [1.82, 2.24) is 19.5 Å². The Morgan fingerprint density at radius 2 is 1.88 bits per heavy atom. The molecule has 1 aromatic carbocycles. The van der Waals surface area contributed by atoms with Gasteiger partial charge in [-0.05, 0) is 31.5 Å². The van der Waals surface area contributed by atoms with Crippen molar-refractivity contribution in [2.24, 2.45) is 0 Å². The summed E-state index contributed by atoms with van der Waals surface area (Å²) >= 11 is 6.85. The van der Waals surface area contributed by atoms with E-state index in [1.807, 2.05) is 37.3 Å². The summed E-state index contributed by atoms with van der Waals surface area (Å²) in [6, 6.07) is 12.3. The van der Waals surface area contributed by atoms with Gasteiger partial charge in [0.2, 0.25) is 0 Å². The lowest BCUT2D eigenvalue weighted by molar-refractivity contribution is 0.494. The first-order valence-electron chi connectivity index (χ1n) is 7.60. The monoisotopic (exact) mass is 396 g/mol. The van der Waals surface area contributed by atoms with Gasteiger partial charge in [-0.2, -0.15) is 5.10 Å². The maximum atomic E-state index is 12.5. The van der Waals surface area contributed by atoms with Crippen LogP contribution in [0.25, 0.3) is 0 Å². The van der Waals surface area contributed by atoms with E-state index in [1.54, 1.807) is 17.7 Å². The van der Waals surface area contributed by atoms with Gasteiger partial charge in [-0.25, -0.2) is 22.8 Å². The second-order valence-electron chi connectivity index (χ2n) is 5.55. The maximum absolute atomic E-state index is 12.5. The predicted octanol–water partition coefficient (Wildman–Crippen LogP) is 3.64. The Hall–Kier alpha value is -1.74. The SMILES string of the molecule is CC(NS(=O)(=O)c1ccc(Cl)s1)c1ncnn1C(C)c1ccccc1. The number of aromatic nitrogens is 3. The van der Waals surface area contributed by atoms with E-state index in [2.05, 4.69) is 14.8 Å². The van der Waals surface area contributed by atoms with Crippen molar-refractivity contribution in [2.45, 2.75) is 30.1 Å². The number of benzene rings is 1. The molecule has 2 atom stereocenters. The molecule has 2 unspecified atom stereocenters. The highest BCUT2D eigenvalue weighted by Gasteiger charge is 2.24. The normalized spacial score (nSPS) is 14.4. The van der Waals surface area contributed by atoms with Crippen LogP contribution in [0.1, 0.15) is 37.3 Å². The average Bonchev–Trinajstić information content (AvgIpc) is 3.24. The van der Waals surface area contributed by atoms with Crippen molar-refractivity contribution in [3.05, 3.63) is 64.5 Å². The second kappa shape index (κ2) is 7.25. The molecule has 25 heavy (non-hydrogen) atoms. The summed E-state index contributed by atoms with van der Waals surface area (Å²) in [5, 5.41) is 4.27. The molecule has 0 aliphatic heterocycles. The molecule has 0 aliphatic rings. The van der Waals surface area contributed by atoms with Gasteiger partial charge in [0.1, 0.15) is 16.4 Å². The Bertz CT molecular complexity index is 953. The van der Waals surface area contributed by atoms with Crippen molar-refractivity contribution in [3.63, 3.8) is 0 Å². The molecular weight excluding hydrogens is 380 g/mol. The number of hydrogen-bond acceptors (Lipinski definition) is 5. The third kappa shape index (κ3) is 3.92. The molecule has 9 heteroatoms. The summed E-state index contributed by atoms with van der Waals surface area (Å²) in [4.78, 5) is 4.25. The van der Waals surface area contributed by atoms with Gasteiger partial charge in [0.05, 0.1) is 16.4 Å². The van der Waals surface area contributed by atoms with E-state index in [0.29, 0.717) is 10.2 Å². The lowest BCUT2D eigenvalue weighted by atomic mass is 10.1. The largest absolute Gasteiger partial charge is 0.250 e. The van der Waals surface area contributed by atoms with Crippen LogP contribution in [0.3, 0.4) is 0 Å². The number of thiophene rings is 1. The third-order valence-electron chi connectivity index (χ3n) is 3.78. The number of nitrogens with zero attached hydrogens (tertiary/aromatic N) is 3. The van der Waals surface area contributed by atoms with Gasteiger partial charge < -0.3 is 0 Å². The minimum absolute atomic E-state index is 0.0677. The van der Waals surface area contributed by atoms with Crippen LogP contribution in [0.5, 0.6) is 0 Å². The molecule has 2 aromatic heterocycles. The number of rotatable bonds is 6. The standard InChI is InChI=1S/C16H17ClN4O2S2/c1-11(20-25(22,23)15-9-8-14(17)24-15)16-18-10-19-21(16)12(2)13-6-4-3-5-7-13/h3-12,20H,1-2H3. The Morgan fingerprint density at radius 1 is 1.16 bits per heavy atom. The number of nitrogens with one attached hydrogen (secondary N) is 1. The summed E-state index contributed by atoms with van der Waals surface area (Å²) in [6.45, 7) is 3.73. The van der Waals surface area contributed by atoms with Gasteiger partial charge in [0, 0.05) is 0 Å². The molecule has 0 saturated heterocycles. The topological polar surface area (TPSA) is 76.9 Å². The van der Waals surface area contributed by atoms with Gasteiger partial charge in [0.25, 0.3) is 10.0 Å². The van der Waals surface area contributed by atoms with Crippen LogP contribution in [0.4, 0.5) is 0 Å². The molecule has 0 aliphatic carbocycles.